The summed E-state index contributed by atoms with van der Waals surface area (Å²) in [6.07, 6.45) is 1.40. The van der Waals surface area contributed by atoms with Gasteiger partial charge in [0.1, 0.15) is 6.04 Å². The van der Waals surface area contributed by atoms with E-state index in [0.29, 0.717) is 6.54 Å². The summed E-state index contributed by atoms with van der Waals surface area (Å²) in [5, 5.41) is 11.5. The maximum atomic E-state index is 12.4. The van der Waals surface area contributed by atoms with Crippen molar-refractivity contribution < 1.29 is 14.0 Å². The van der Waals surface area contributed by atoms with E-state index >= 15 is 0 Å². The lowest BCUT2D eigenvalue weighted by atomic mass is 10.0. The predicted octanol–water partition coefficient (Wildman–Crippen LogP) is 1.65. The van der Waals surface area contributed by atoms with Crippen molar-refractivity contribution in [3.8, 4) is 6.07 Å². The number of carbonyl (C=O) groups excluding carboxylic acids is 2. The Morgan fingerprint density at radius 2 is 2.10 bits per heavy atom. The summed E-state index contributed by atoms with van der Waals surface area (Å²) in [6, 6.07) is 4.58. The SMILES string of the molecule is CC(C#N)CN(C)C(=O)C(NC(=O)c1ccco1)C(C)C. The molecule has 6 heteroatoms. The van der Waals surface area contributed by atoms with Crippen LogP contribution >= 0.6 is 0 Å². The van der Waals surface area contributed by atoms with Gasteiger partial charge in [0.25, 0.3) is 5.91 Å². The fourth-order valence-corrected chi connectivity index (χ4v) is 1.91. The summed E-state index contributed by atoms with van der Waals surface area (Å²) in [5.41, 5.74) is 0. The van der Waals surface area contributed by atoms with E-state index in [2.05, 4.69) is 11.4 Å². The molecule has 1 heterocycles. The molecule has 1 rings (SSSR count). The summed E-state index contributed by atoms with van der Waals surface area (Å²) < 4.78 is 5.02. The fraction of sp³-hybridized carbons (Fsp3) is 0.533. The Bertz CT molecular complexity index is 517. The molecular formula is C15H21N3O3. The number of hydrogen-bond acceptors (Lipinski definition) is 4. The molecule has 1 aromatic rings. The lowest BCUT2D eigenvalue weighted by Gasteiger charge is -2.27. The molecule has 0 radical (unpaired) electrons. The summed E-state index contributed by atoms with van der Waals surface area (Å²) >= 11 is 0. The minimum Gasteiger partial charge on any atom is -0.459 e. The first kappa shape index (κ1) is 16.8. The van der Waals surface area contributed by atoms with Gasteiger partial charge in [-0.2, -0.15) is 5.26 Å². The number of furan rings is 1. The van der Waals surface area contributed by atoms with Crippen molar-refractivity contribution in [2.75, 3.05) is 13.6 Å². The number of nitriles is 1. The molecular weight excluding hydrogens is 270 g/mol. The van der Waals surface area contributed by atoms with Crippen LogP contribution in [0.4, 0.5) is 0 Å². The molecule has 0 aliphatic carbocycles. The van der Waals surface area contributed by atoms with E-state index in [4.69, 9.17) is 9.68 Å². The maximum Gasteiger partial charge on any atom is 0.287 e. The zero-order valence-electron chi connectivity index (χ0n) is 12.8. The van der Waals surface area contributed by atoms with Crippen LogP contribution in [0.3, 0.4) is 0 Å². The van der Waals surface area contributed by atoms with Crippen LogP contribution in [-0.4, -0.2) is 36.3 Å². The molecule has 6 nitrogen and oxygen atoms in total. The number of nitrogens with zero attached hydrogens (tertiary/aromatic N) is 2. The second kappa shape index (κ2) is 7.48. The number of amides is 2. The van der Waals surface area contributed by atoms with Crippen LogP contribution in [0.5, 0.6) is 0 Å². The first-order valence-electron chi connectivity index (χ1n) is 6.85. The zero-order chi connectivity index (χ0) is 16.0. The molecule has 0 aromatic carbocycles. The fourth-order valence-electron chi connectivity index (χ4n) is 1.91. The van der Waals surface area contributed by atoms with Gasteiger partial charge in [-0.1, -0.05) is 13.8 Å². The smallest absolute Gasteiger partial charge is 0.287 e. The minimum absolute atomic E-state index is 0.0729. The lowest BCUT2D eigenvalue weighted by molar-refractivity contribution is -0.133. The van der Waals surface area contributed by atoms with Gasteiger partial charge < -0.3 is 14.6 Å². The maximum absolute atomic E-state index is 12.4. The van der Waals surface area contributed by atoms with Crippen LogP contribution in [0.2, 0.25) is 0 Å². The second-order valence-corrected chi connectivity index (χ2v) is 5.42. The molecule has 0 bridgehead atoms. The van der Waals surface area contributed by atoms with Crippen LogP contribution < -0.4 is 5.32 Å². The summed E-state index contributed by atoms with van der Waals surface area (Å²) in [5.74, 6) is -0.800. The van der Waals surface area contributed by atoms with Gasteiger partial charge >= 0.3 is 0 Å². The Balaban J connectivity index is 2.75. The van der Waals surface area contributed by atoms with Gasteiger partial charge in [0.05, 0.1) is 18.3 Å². The molecule has 2 unspecified atom stereocenters. The van der Waals surface area contributed by atoms with Crippen LogP contribution in [0.1, 0.15) is 31.3 Å². The van der Waals surface area contributed by atoms with Gasteiger partial charge in [0.15, 0.2) is 5.76 Å². The molecule has 0 spiro atoms. The molecule has 0 aliphatic rings. The highest BCUT2D eigenvalue weighted by molar-refractivity contribution is 5.95. The van der Waals surface area contributed by atoms with Crippen molar-refractivity contribution in [1.82, 2.24) is 10.2 Å². The van der Waals surface area contributed by atoms with Gasteiger partial charge in [0, 0.05) is 13.6 Å². The molecule has 114 valence electrons. The highest BCUT2D eigenvalue weighted by Crippen LogP contribution is 2.09. The molecule has 1 N–H and O–H groups in total. The summed E-state index contributed by atoms with van der Waals surface area (Å²) in [4.78, 5) is 25.9. The Kier molecular flexibility index (Phi) is 5.97. The lowest BCUT2D eigenvalue weighted by Crippen LogP contribution is -2.50. The van der Waals surface area contributed by atoms with Crippen LogP contribution in [0, 0.1) is 23.2 Å². The Morgan fingerprint density at radius 3 is 2.57 bits per heavy atom. The van der Waals surface area contributed by atoms with Crippen molar-refractivity contribution in [2.45, 2.75) is 26.8 Å². The Labute approximate surface area is 124 Å². The average molecular weight is 291 g/mol. The normalized spacial score (nSPS) is 13.3. The van der Waals surface area contributed by atoms with E-state index in [9.17, 15) is 9.59 Å². The second-order valence-electron chi connectivity index (χ2n) is 5.42. The van der Waals surface area contributed by atoms with Gasteiger partial charge in [-0.05, 0) is 25.0 Å². The quantitative estimate of drug-likeness (QED) is 0.863. The predicted molar refractivity (Wildman–Crippen MR) is 77.2 cm³/mol. The van der Waals surface area contributed by atoms with Crippen LogP contribution in [-0.2, 0) is 4.79 Å². The first-order valence-corrected chi connectivity index (χ1v) is 6.85. The van der Waals surface area contributed by atoms with Crippen molar-refractivity contribution >= 4 is 11.8 Å². The van der Waals surface area contributed by atoms with Crippen molar-refractivity contribution in [3.05, 3.63) is 24.2 Å². The van der Waals surface area contributed by atoms with Crippen molar-refractivity contribution in [1.29, 1.82) is 5.26 Å². The Hall–Kier alpha value is -2.29. The highest BCUT2D eigenvalue weighted by atomic mass is 16.3. The van der Waals surface area contributed by atoms with Crippen molar-refractivity contribution in [2.24, 2.45) is 11.8 Å². The minimum atomic E-state index is -0.654. The van der Waals surface area contributed by atoms with E-state index in [-0.39, 0.29) is 23.5 Å². The molecule has 0 saturated carbocycles. The number of rotatable bonds is 6. The van der Waals surface area contributed by atoms with Gasteiger partial charge in [0.2, 0.25) is 5.91 Å². The molecule has 0 fully saturated rings. The van der Waals surface area contributed by atoms with E-state index in [0.717, 1.165) is 0 Å². The molecule has 2 atom stereocenters. The topological polar surface area (TPSA) is 86.3 Å². The first-order chi connectivity index (χ1) is 9.86. The molecule has 0 aliphatic heterocycles. The van der Waals surface area contributed by atoms with Crippen LogP contribution in [0.15, 0.2) is 22.8 Å². The summed E-state index contributed by atoms with van der Waals surface area (Å²) in [6.45, 7) is 5.78. The van der Waals surface area contributed by atoms with Crippen LogP contribution in [0.25, 0.3) is 0 Å². The number of hydrogen-bond donors (Lipinski definition) is 1. The third-order valence-electron chi connectivity index (χ3n) is 3.11. The average Bonchev–Trinajstić information content (AvgIpc) is 2.97. The number of likely N-dealkylation sites (N-methyl/N-ethyl adjacent to an activating group) is 1. The standard InChI is InChI=1S/C15H21N3O3/c1-10(2)13(15(20)18(4)9-11(3)8-16)17-14(19)12-6-5-7-21-12/h5-7,10-11,13H,9H2,1-4H3,(H,17,19). The molecule has 1 aromatic heterocycles. The van der Waals surface area contributed by atoms with E-state index in [1.165, 1.54) is 11.2 Å². The molecule has 21 heavy (non-hydrogen) atoms. The third kappa shape index (κ3) is 4.63. The third-order valence-corrected chi connectivity index (χ3v) is 3.11. The molecule has 2 amide bonds. The summed E-state index contributed by atoms with van der Waals surface area (Å²) in [7, 11) is 1.63. The van der Waals surface area contributed by atoms with E-state index in [1.807, 2.05) is 13.8 Å². The molecule has 0 saturated heterocycles. The van der Waals surface area contributed by atoms with Gasteiger partial charge in [-0.3, -0.25) is 9.59 Å². The number of nitrogens with one attached hydrogen (secondary N) is 1. The van der Waals surface area contributed by atoms with E-state index in [1.54, 1.807) is 26.1 Å². The van der Waals surface area contributed by atoms with Gasteiger partial charge in [-0.15, -0.1) is 0 Å². The Morgan fingerprint density at radius 1 is 1.43 bits per heavy atom. The zero-order valence-corrected chi connectivity index (χ0v) is 12.8. The van der Waals surface area contributed by atoms with Gasteiger partial charge in [-0.25, -0.2) is 0 Å². The largest absolute Gasteiger partial charge is 0.459 e. The monoisotopic (exact) mass is 291 g/mol. The van der Waals surface area contributed by atoms with E-state index < -0.39 is 11.9 Å². The number of carbonyl (C=O) groups is 2. The highest BCUT2D eigenvalue weighted by Gasteiger charge is 2.28. The van der Waals surface area contributed by atoms with Crippen molar-refractivity contribution in [3.63, 3.8) is 0 Å².